The molecule has 5 nitrogen and oxygen atoms in total. The second-order valence-electron chi connectivity index (χ2n) is 11.6. The van der Waals surface area contributed by atoms with Crippen LogP contribution >= 0.6 is 0 Å². The number of carbonyl (C=O) groups excluding carboxylic acids is 2. The fourth-order valence-electron chi connectivity index (χ4n) is 4.90. The highest BCUT2D eigenvalue weighted by Gasteiger charge is 2.16. The standard InChI is InChI=1S/C35H66O5/c1-3-5-7-9-11-13-15-17-19-21-23-25-27-29-34(37)39-32-33(31-36)40-35(38)30-28-26-24-22-20-18-16-14-12-10-8-6-4-2/h14,16,33,36H,3-13,15,17-32H2,1-2H3. The predicted octanol–water partition coefficient (Wildman–Crippen LogP) is 10.2. The van der Waals surface area contributed by atoms with Gasteiger partial charge in [0.05, 0.1) is 6.61 Å². The van der Waals surface area contributed by atoms with Crippen molar-refractivity contribution in [3.05, 3.63) is 12.2 Å². The lowest BCUT2D eigenvalue weighted by Crippen LogP contribution is -2.28. The number of rotatable bonds is 31. The van der Waals surface area contributed by atoms with Crippen LogP contribution in [0.4, 0.5) is 0 Å². The number of carbonyl (C=O) groups is 2. The van der Waals surface area contributed by atoms with E-state index in [4.69, 9.17) is 9.47 Å². The summed E-state index contributed by atoms with van der Waals surface area (Å²) in [7, 11) is 0. The minimum Gasteiger partial charge on any atom is -0.462 e. The molecular weight excluding hydrogens is 500 g/mol. The fraction of sp³-hybridized carbons (Fsp3) is 0.886. The number of aliphatic hydroxyl groups is 1. The van der Waals surface area contributed by atoms with Crippen molar-refractivity contribution in [3.63, 3.8) is 0 Å². The maximum atomic E-state index is 12.1. The zero-order chi connectivity index (χ0) is 29.4. The average Bonchev–Trinajstić information content (AvgIpc) is 2.96. The van der Waals surface area contributed by atoms with Gasteiger partial charge in [-0.25, -0.2) is 0 Å². The van der Waals surface area contributed by atoms with E-state index < -0.39 is 6.10 Å². The molecule has 0 aromatic carbocycles. The molecule has 0 fully saturated rings. The second kappa shape index (κ2) is 32.2. The van der Waals surface area contributed by atoms with E-state index >= 15 is 0 Å². The molecule has 0 aliphatic heterocycles. The van der Waals surface area contributed by atoms with Crippen molar-refractivity contribution in [1.82, 2.24) is 0 Å². The van der Waals surface area contributed by atoms with Crippen LogP contribution in [-0.4, -0.2) is 36.4 Å². The Morgan fingerprint density at radius 1 is 0.550 bits per heavy atom. The molecule has 1 N–H and O–H groups in total. The highest BCUT2D eigenvalue weighted by molar-refractivity contribution is 5.70. The summed E-state index contributed by atoms with van der Waals surface area (Å²) >= 11 is 0. The lowest BCUT2D eigenvalue weighted by molar-refractivity contribution is -0.161. The van der Waals surface area contributed by atoms with E-state index in [0.717, 1.165) is 44.9 Å². The maximum Gasteiger partial charge on any atom is 0.306 e. The Labute approximate surface area is 248 Å². The van der Waals surface area contributed by atoms with Gasteiger partial charge in [0.25, 0.3) is 0 Å². The predicted molar refractivity (Wildman–Crippen MR) is 168 cm³/mol. The van der Waals surface area contributed by atoms with Gasteiger partial charge in [-0.15, -0.1) is 0 Å². The van der Waals surface area contributed by atoms with Crippen molar-refractivity contribution in [2.75, 3.05) is 13.2 Å². The Morgan fingerprint density at radius 2 is 0.925 bits per heavy atom. The van der Waals surface area contributed by atoms with E-state index in [-0.39, 0.29) is 25.2 Å². The quantitative estimate of drug-likeness (QED) is 0.0513. The largest absolute Gasteiger partial charge is 0.462 e. The number of allylic oxidation sites excluding steroid dienone is 2. The number of hydrogen-bond donors (Lipinski definition) is 1. The van der Waals surface area contributed by atoms with E-state index in [1.165, 1.54) is 109 Å². The summed E-state index contributed by atoms with van der Waals surface area (Å²) < 4.78 is 10.5. The van der Waals surface area contributed by atoms with Gasteiger partial charge in [0, 0.05) is 12.8 Å². The molecular formula is C35H66O5. The van der Waals surface area contributed by atoms with Gasteiger partial charge in [0.15, 0.2) is 6.10 Å². The number of esters is 2. The van der Waals surface area contributed by atoms with E-state index in [2.05, 4.69) is 26.0 Å². The topological polar surface area (TPSA) is 72.8 Å². The summed E-state index contributed by atoms with van der Waals surface area (Å²) in [6.07, 6.45) is 34.0. The van der Waals surface area contributed by atoms with E-state index in [0.29, 0.717) is 12.8 Å². The van der Waals surface area contributed by atoms with Crippen molar-refractivity contribution < 1.29 is 24.2 Å². The first-order valence-electron chi connectivity index (χ1n) is 17.2. The lowest BCUT2D eigenvalue weighted by atomic mass is 10.0. The lowest BCUT2D eigenvalue weighted by Gasteiger charge is -2.15. The third-order valence-corrected chi connectivity index (χ3v) is 7.56. The summed E-state index contributed by atoms with van der Waals surface area (Å²) in [4.78, 5) is 24.1. The van der Waals surface area contributed by atoms with Crippen LogP contribution in [0.5, 0.6) is 0 Å². The Kier molecular flexibility index (Phi) is 31.1. The number of aliphatic hydroxyl groups excluding tert-OH is 1. The van der Waals surface area contributed by atoms with Crippen molar-refractivity contribution in [1.29, 1.82) is 0 Å². The minimum atomic E-state index is -0.767. The monoisotopic (exact) mass is 566 g/mol. The molecule has 0 aromatic heterocycles. The summed E-state index contributed by atoms with van der Waals surface area (Å²) in [6, 6.07) is 0. The Morgan fingerprint density at radius 3 is 1.38 bits per heavy atom. The third kappa shape index (κ3) is 29.6. The number of unbranched alkanes of at least 4 members (excludes halogenated alkanes) is 21. The molecule has 5 heteroatoms. The first-order valence-corrected chi connectivity index (χ1v) is 17.2. The summed E-state index contributed by atoms with van der Waals surface area (Å²) in [5.74, 6) is -0.596. The Hall–Kier alpha value is -1.36. The van der Waals surface area contributed by atoms with Gasteiger partial charge in [-0.05, 0) is 38.5 Å². The first-order chi connectivity index (χ1) is 19.6. The van der Waals surface area contributed by atoms with E-state index in [9.17, 15) is 14.7 Å². The molecule has 236 valence electrons. The molecule has 0 aliphatic carbocycles. The molecule has 1 unspecified atom stereocenters. The van der Waals surface area contributed by atoms with Gasteiger partial charge < -0.3 is 14.6 Å². The molecule has 0 aromatic rings. The van der Waals surface area contributed by atoms with Crippen LogP contribution in [0.25, 0.3) is 0 Å². The van der Waals surface area contributed by atoms with Gasteiger partial charge in [0.2, 0.25) is 0 Å². The van der Waals surface area contributed by atoms with Gasteiger partial charge in [-0.3, -0.25) is 9.59 Å². The molecule has 0 amide bonds. The molecule has 0 radical (unpaired) electrons. The highest BCUT2D eigenvalue weighted by atomic mass is 16.6. The van der Waals surface area contributed by atoms with Gasteiger partial charge >= 0.3 is 11.9 Å². The van der Waals surface area contributed by atoms with Crippen LogP contribution in [0.15, 0.2) is 12.2 Å². The van der Waals surface area contributed by atoms with Crippen molar-refractivity contribution in [2.45, 2.75) is 187 Å². The first kappa shape index (κ1) is 38.6. The Bertz CT molecular complexity index is 574. The molecule has 0 bridgehead atoms. The van der Waals surface area contributed by atoms with Gasteiger partial charge in [0.1, 0.15) is 6.61 Å². The molecule has 0 saturated carbocycles. The van der Waals surface area contributed by atoms with E-state index in [1.54, 1.807) is 0 Å². The van der Waals surface area contributed by atoms with Crippen LogP contribution < -0.4 is 0 Å². The molecule has 40 heavy (non-hydrogen) atoms. The third-order valence-electron chi connectivity index (χ3n) is 7.56. The van der Waals surface area contributed by atoms with Crippen LogP contribution in [-0.2, 0) is 19.1 Å². The number of ether oxygens (including phenoxy) is 2. The molecule has 0 aliphatic rings. The maximum absolute atomic E-state index is 12.1. The highest BCUT2D eigenvalue weighted by Crippen LogP contribution is 2.14. The molecule has 1 atom stereocenters. The molecule has 0 rings (SSSR count). The summed E-state index contributed by atoms with van der Waals surface area (Å²) in [6.45, 7) is 4.11. The SMILES string of the molecule is CCCCCCC=CCCCCCCCC(=O)OC(CO)COC(=O)CCCCCCCCCCCCCCC. The van der Waals surface area contributed by atoms with Crippen LogP contribution in [0, 0.1) is 0 Å². The zero-order valence-electron chi connectivity index (χ0n) is 26.6. The van der Waals surface area contributed by atoms with Gasteiger partial charge in [-0.1, -0.05) is 142 Å². The van der Waals surface area contributed by atoms with Crippen LogP contribution in [0.3, 0.4) is 0 Å². The van der Waals surface area contributed by atoms with Crippen molar-refractivity contribution >= 4 is 11.9 Å². The molecule has 0 saturated heterocycles. The van der Waals surface area contributed by atoms with Crippen LogP contribution in [0.2, 0.25) is 0 Å². The smallest absolute Gasteiger partial charge is 0.306 e. The molecule has 0 spiro atoms. The minimum absolute atomic E-state index is 0.0638. The van der Waals surface area contributed by atoms with Crippen molar-refractivity contribution in [2.24, 2.45) is 0 Å². The fourth-order valence-corrected chi connectivity index (χ4v) is 4.90. The normalized spacial score (nSPS) is 12.2. The summed E-state index contributed by atoms with van der Waals surface area (Å²) in [5.41, 5.74) is 0. The number of hydrogen-bond acceptors (Lipinski definition) is 5. The van der Waals surface area contributed by atoms with E-state index in [1.807, 2.05) is 0 Å². The van der Waals surface area contributed by atoms with Gasteiger partial charge in [-0.2, -0.15) is 0 Å². The Balaban J connectivity index is 3.57. The zero-order valence-corrected chi connectivity index (χ0v) is 26.6. The van der Waals surface area contributed by atoms with Crippen LogP contribution in [0.1, 0.15) is 181 Å². The van der Waals surface area contributed by atoms with Crippen molar-refractivity contribution in [3.8, 4) is 0 Å². The summed E-state index contributed by atoms with van der Waals surface area (Å²) in [5, 5.41) is 9.50. The average molecular weight is 567 g/mol. The molecule has 0 heterocycles. The second-order valence-corrected chi connectivity index (χ2v) is 11.6.